The van der Waals surface area contributed by atoms with E-state index >= 15 is 0 Å². The fourth-order valence-electron chi connectivity index (χ4n) is 2.54. The molecule has 1 saturated carbocycles. The molecule has 3 nitrogen and oxygen atoms in total. The van der Waals surface area contributed by atoms with E-state index < -0.39 is 0 Å². The van der Waals surface area contributed by atoms with Crippen LogP contribution in [0.2, 0.25) is 0 Å². The van der Waals surface area contributed by atoms with Crippen LogP contribution in [0.25, 0.3) is 0 Å². The number of nitrogens with one attached hydrogen (secondary N) is 1. The summed E-state index contributed by atoms with van der Waals surface area (Å²) in [6, 6.07) is 5.98. The fraction of sp³-hybridized carbons (Fsp3) is 0.533. The molecule has 1 amide bonds. The number of para-hydroxylation sites is 1. The lowest BCUT2D eigenvalue weighted by molar-refractivity contribution is -0.124. The van der Waals surface area contributed by atoms with Gasteiger partial charge in [0.2, 0.25) is 0 Å². The smallest absolute Gasteiger partial charge is 0.258 e. The van der Waals surface area contributed by atoms with Gasteiger partial charge in [0.1, 0.15) is 5.75 Å². The van der Waals surface area contributed by atoms with Crippen LogP contribution in [-0.2, 0) is 4.79 Å². The lowest BCUT2D eigenvalue weighted by Crippen LogP contribution is -2.43. The number of amides is 1. The maximum atomic E-state index is 12.0. The lowest BCUT2D eigenvalue weighted by Gasteiger charge is -2.29. The average molecular weight is 405 g/mol. The van der Waals surface area contributed by atoms with Crippen LogP contribution < -0.4 is 10.1 Å². The second kappa shape index (κ2) is 7.46. The Bertz CT molecular complexity index is 459. The molecule has 0 heterocycles. The number of halogens is 2. The number of hydrogen-bond donors (Lipinski definition) is 1. The minimum atomic E-state index is -0.0496. The van der Waals surface area contributed by atoms with Crippen LogP contribution >= 0.6 is 31.9 Å². The van der Waals surface area contributed by atoms with E-state index in [1.807, 2.05) is 18.2 Å². The van der Waals surface area contributed by atoms with E-state index in [2.05, 4.69) is 44.1 Å². The predicted octanol–water partition coefficient (Wildman–Crippen LogP) is 4.29. The summed E-state index contributed by atoms with van der Waals surface area (Å²) in [5.74, 6) is 1.17. The minimum Gasteiger partial charge on any atom is -0.481 e. The quantitative estimate of drug-likeness (QED) is 0.812. The number of rotatable bonds is 4. The molecule has 0 spiro atoms. The van der Waals surface area contributed by atoms with Crippen LogP contribution in [0.15, 0.2) is 27.1 Å². The molecule has 2 atom stereocenters. The second-order valence-corrected chi connectivity index (χ2v) is 6.98. The van der Waals surface area contributed by atoms with Gasteiger partial charge in [-0.3, -0.25) is 4.79 Å². The highest BCUT2D eigenvalue weighted by Gasteiger charge is 2.23. The SMILES string of the molecule is C[C@@H]1CCCC[C@H]1NC(=O)COc1c(Br)cccc1Br. The number of hydrogen-bond acceptors (Lipinski definition) is 2. The first-order valence-electron chi connectivity index (χ1n) is 6.94. The van der Waals surface area contributed by atoms with Gasteiger partial charge in [0.05, 0.1) is 8.95 Å². The monoisotopic (exact) mass is 403 g/mol. The molecule has 1 N–H and O–H groups in total. The molecule has 2 rings (SSSR count). The van der Waals surface area contributed by atoms with Crippen molar-refractivity contribution >= 4 is 37.8 Å². The van der Waals surface area contributed by atoms with Crippen LogP contribution in [0.4, 0.5) is 0 Å². The van der Waals surface area contributed by atoms with Crippen molar-refractivity contribution in [3.63, 3.8) is 0 Å². The Morgan fingerprint density at radius 3 is 2.60 bits per heavy atom. The van der Waals surface area contributed by atoms with Crippen molar-refractivity contribution in [2.45, 2.75) is 38.6 Å². The normalized spacial score (nSPS) is 22.4. The molecule has 1 aromatic rings. The standard InChI is InChI=1S/C15H19Br2NO2/c1-10-5-2-3-8-13(10)18-14(19)9-20-15-11(16)6-4-7-12(15)17/h4,6-7,10,13H,2-3,5,8-9H2,1H3,(H,18,19)/t10-,13-/m1/s1. The second-order valence-electron chi connectivity index (χ2n) is 5.28. The first-order valence-corrected chi connectivity index (χ1v) is 8.52. The molecular formula is C15H19Br2NO2. The molecule has 110 valence electrons. The zero-order valence-electron chi connectivity index (χ0n) is 11.5. The Labute approximate surface area is 136 Å². The van der Waals surface area contributed by atoms with Gasteiger partial charge in [-0.2, -0.15) is 0 Å². The van der Waals surface area contributed by atoms with E-state index in [-0.39, 0.29) is 12.5 Å². The highest BCUT2D eigenvalue weighted by molar-refractivity contribution is 9.11. The largest absolute Gasteiger partial charge is 0.481 e. The molecule has 0 bridgehead atoms. The van der Waals surface area contributed by atoms with E-state index in [0.717, 1.165) is 15.4 Å². The summed E-state index contributed by atoms with van der Waals surface area (Å²) >= 11 is 6.84. The Morgan fingerprint density at radius 2 is 1.95 bits per heavy atom. The minimum absolute atomic E-state index is 0.0461. The van der Waals surface area contributed by atoms with E-state index in [0.29, 0.717) is 17.7 Å². The Hall–Kier alpha value is -0.550. The third kappa shape index (κ3) is 4.22. The van der Waals surface area contributed by atoms with Crippen LogP contribution in [0, 0.1) is 5.92 Å². The van der Waals surface area contributed by atoms with Gasteiger partial charge in [-0.05, 0) is 62.8 Å². The molecule has 1 aliphatic rings. The number of benzene rings is 1. The summed E-state index contributed by atoms with van der Waals surface area (Å²) in [6.07, 6.45) is 4.74. The molecule has 5 heteroatoms. The van der Waals surface area contributed by atoms with Crippen molar-refractivity contribution in [2.75, 3.05) is 6.61 Å². The molecule has 0 saturated heterocycles. The number of carbonyl (C=O) groups is 1. The van der Waals surface area contributed by atoms with Gasteiger partial charge in [-0.1, -0.05) is 25.8 Å². The van der Waals surface area contributed by atoms with Crippen LogP contribution in [0.3, 0.4) is 0 Å². The third-order valence-corrected chi connectivity index (χ3v) is 4.97. The van der Waals surface area contributed by atoms with Crippen molar-refractivity contribution in [2.24, 2.45) is 5.92 Å². The molecule has 0 radical (unpaired) electrons. The van der Waals surface area contributed by atoms with Crippen molar-refractivity contribution < 1.29 is 9.53 Å². The Kier molecular flexibility index (Phi) is 5.90. The van der Waals surface area contributed by atoms with Gasteiger partial charge < -0.3 is 10.1 Å². The van der Waals surface area contributed by atoms with Gasteiger partial charge in [-0.15, -0.1) is 0 Å². The molecule has 1 aliphatic carbocycles. The summed E-state index contributed by atoms with van der Waals surface area (Å²) in [4.78, 5) is 12.0. The molecule has 20 heavy (non-hydrogen) atoms. The molecule has 1 aromatic carbocycles. The van der Waals surface area contributed by atoms with Crippen molar-refractivity contribution in [1.29, 1.82) is 0 Å². The third-order valence-electron chi connectivity index (χ3n) is 3.72. The maximum Gasteiger partial charge on any atom is 0.258 e. The summed E-state index contributed by atoms with van der Waals surface area (Å²) in [5.41, 5.74) is 0. The number of carbonyl (C=O) groups excluding carboxylic acids is 1. The maximum absolute atomic E-state index is 12.0. The van der Waals surface area contributed by atoms with Gasteiger partial charge in [0, 0.05) is 6.04 Å². The molecule has 0 unspecified atom stereocenters. The topological polar surface area (TPSA) is 38.3 Å². The lowest BCUT2D eigenvalue weighted by atomic mass is 9.86. The van der Waals surface area contributed by atoms with Crippen LogP contribution in [0.5, 0.6) is 5.75 Å². The van der Waals surface area contributed by atoms with Gasteiger partial charge >= 0.3 is 0 Å². The van der Waals surface area contributed by atoms with E-state index in [9.17, 15) is 4.79 Å². The van der Waals surface area contributed by atoms with Crippen molar-refractivity contribution in [1.82, 2.24) is 5.32 Å². The summed E-state index contributed by atoms with van der Waals surface area (Å²) < 4.78 is 7.28. The van der Waals surface area contributed by atoms with E-state index in [4.69, 9.17) is 4.74 Å². The van der Waals surface area contributed by atoms with Crippen LogP contribution in [0.1, 0.15) is 32.6 Å². The zero-order valence-corrected chi connectivity index (χ0v) is 14.7. The van der Waals surface area contributed by atoms with Crippen molar-refractivity contribution in [3.8, 4) is 5.75 Å². The zero-order chi connectivity index (χ0) is 14.5. The first kappa shape index (κ1) is 15.8. The Balaban J connectivity index is 1.86. The average Bonchev–Trinajstić information content (AvgIpc) is 2.41. The fourth-order valence-corrected chi connectivity index (χ4v) is 3.76. The summed E-state index contributed by atoms with van der Waals surface area (Å²) in [5, 5.41) is 3.08. The van der Waals surface area contributed by atoms with Gasteiger partial charge in [0.15, 0.2) is 6.61 Å². The molecule has 0 aliphatic heterocycles. The van der Waals surface area contributed by atoms with Crippen molar-refractivity contribution in [3.05, 3.63) is 27.1 Å². The summed E-state index contributed by atoms with van der Waals surface area (Å²) in [7, 11) is 0. The molecule has 1 fully saturated rings. The first-order chi connectivity index (χ1) is 9.58. The molecule has 0 aromatic heterocycles. The predicted molar refractivity (Wildman–Crippen MR) is 86.9 cm³/mol. The van der Waals surface area contributed by atoms with E-state index in [1.165, 1.54) is 19.3 Å². The van der Waals surface area contributed by atoms with Gasteiger partial charge in [0.25, 0.3) is 5.91 Å². The van der Waals surface area contributed by atoms with E-state index in [1.54, 1.807) is 0 Å². The summed E-state index contributed by atoms with van der Waals surface area (Å²) in [6.45, 7) is 2.25. The molecular weight excluding hydrogens is 386 g/mol. The highest BCUT2D eigenvalue weighted by atomic mass is 79.9. The van der Waals surface area contributed by atoms with Crippen LogP contribution in [-0.4, -0.2) is 18.6 Å². The Morgan fingerprint density at radius 1 is 1.30 bits per heavy atom. The highest BCUT2D eigenvalue weighted by Crippen LogP contribution is 2.32. The number of ether oxygens (including phenoxy) is 1. The van der Waals surface area contributed by atoms with Gasteiger partial charge in [-0.25, -0.2) is 0 Å².